The zero-order chi connectivity index (χ0) is 14.0. The molecule has 1 aromatic carbocycles. The van der Waals surface area contributed by atoms with Gasteiger partial charge in [-0.05, 0) is 30.5 Å². The van der Waals surface area contributed by atoms with Crippen molar-refractivity contribution >= 4 is 24.0 Å². The summed E-state index contributed by atoms with van der Waals surface area (Å²) in [7, 11) is 1.48. The standard InChI is InChI=1S/C13H14ClNO4/c1-19-11-5-2-8(6-10(11)14)12(13(17)18)15(7-16)9-3-4-9/h2,5-7,9,12H,3-4H2,1H3,(H,17,18). The number of halogens is 1. The van der Waals surface area contributed by atoms with Crippen LogP contribution in [-0.4, -0.2) is 35.5 Å². The van der Waals surface area contributed by atoms with Gasteiger partial charge in [0.15, 0.2) is 6.04 Å². The van der Waals surface area contributed by atoms with Crippen molar-refractivity contribution in [1.82, 2.24) is 4.90 Å². The van der Waals surface area contributed by atoms with Crippen molar-refractivity contribution < 1.29 is 19.4 Å². The van der Waals surface area contributed by atoms with Crippen LogP contribution < -0.4 is 4.74 Å². The average Bonchev–Trinajstić information content (AvgIpc) is 3.19. The molecule has 0 spiro atoms. The molecule has 1 saturated carbocycles. The van der Waals surface area contributed by atoms with Crippen molar-refractivity contribution in [1.29, 1.82) is 0 Å². The molecule has 1 fully saturated rings. The van der Waals surface area contributed by atoms with Crippen LogP contribution in [0.2, 0.25) is 5.02 Å². The van der Waals surface area contributed by atoms with Crippen molar-refractivity contribution in [2.45, 2.75) is 24.9 Å². The Morgan fingerprint density at radius 3 is 2.68 bits per heavy atom. The van der Waals surface area contributed by atoms with Gasteiger partial charge in [0.25, 0.3) is 0 Å². The number of amides is 1. The quantitative estimate of drug-likeness (QED) is 0.812. The van der Waals surface area contributed by atoms with Gasteiger partial charge in [-0.3, -0.25) is 4.79 Å². The Hall–Kier alpha value is -1.75. The molecule has 0 radical (unpaired) electrons. The molecule has 1 unspecified atom stereocenters. The topological polar surface area (TPSA) is 66.8 Å². The van der Waals surface area contributed by atoms with Crippen molar-refractivity contribution in [3.05, 3.63) is 28.8 Å². The molecule has 1 aliphatic rings. The molecule has 102 valence electrons. The van der Waals surface area contributed by atoms with Crippen molar-refractivity contribution in [2.24, 2.45) is 0 Å². The first-order valence-electron chi connectivity index (χ1n) is 5.87. The second-order valence-electron chi connectivity index (χ2n) is 4.42. The second-order valence-corrected chi connectivity index (χ2v) is 4.83. The van der Waals surface area contributed by atoms with E-state index in [-0.39, 0.29) is 6.04 Å². The van der Waals surface area contributed by atoms with E-state index in [1.54, 1.807) is 12.1 Å². The normalized spacial score (nSPS) is 15.7. The Balaban J connectivity index is 2.35. The fraction of sp³-hybridized carbons (Fsp3) is 0.385. The minimum absolute atomic E-state index is 0.0134. The number of carboxylic acids is 1. The zero-order valence-electron chi connectivity index (χ0n) is 10.4. The van der Waals surface area contributed by atoms with Crippen LogP contribution in [0.5, 0.6) is 5.75 Å². The van der Waals surface area contributed by atoms with Crippen molar-refractivity contribution in [2.75, 3.05) is 7.11 Å². The van der Waals surface area contributed by atoms with Crippen LogP contribution >= 0.6 is 11.6 Å². The monoisotopic (exact) mass is 283 g/mol. The SMILES string of the molecule is COc1ccc(C(C(=O)O)N(C=O)C2CC2)cc1Cl. The molecule has 1 N–H and O–H groups in total. The molecule has 0 bridgehead atoms. The van der Waals surface area contributed by atoms with Gasteiger partial charge in [-0.25, -0.2) is 4.79 Å². The molecule has 5 nitrogen and oxygen atoms in total. The van der Waals surface area contributed by atoms with E-state index in [2.05, 4.69) is 0 Å². The first-order chi connectivity index (χ1) is 9.08. The number of carboxylic acid groups (broad SMARTS) is 1. The molecule has 1 aromatic rings. The van der Waals surface area contributed by atoms with Crippen LogP contribution in [0.25, 0.3) is 0 Å². The molecular weight excluding hydrogens is 270 g/mol. The Labute approximate surface area is 115 Å². The fourth-order valence-corrected chi connectivity index (χ4v) is 2.29. The number of ether oxygens (including phenoxy) is 1. The van der Waals surface area contributed by atoms with Gasteiger partial charge in [0.2, 0.25) is 6.41 Å². The average molecular weight is 284 g/mol. The largest absolute Gasteiger partial charge is 0.495 e. The first-order valence-corrected chi connectivity index (χ1v) is 6.25. The van der Waals surface area contributed by atoms with Crippen molar-refractivity contribution in [3.63, 3.8) is 0 Å². The second kappa shape index (κ2) is 5.48. The third-order valence-corrected chi connectivity index (χ3v) is 3.41. The van der Waals surface area contributed by atoms with Gasteiger partial charge >= 0.3 is 5.97 Å². The van der Waals surface area contributed by atoms with E-state index in [0.717, 1.165) is 12.8 Å². The van der Waals surface area contributed by atoms with Crippen LogP contribution in [0.15, 0.2) is 18.2 Å². The summed E-state index contributed by atoms with van der Waals surface area (Å²) >= 11 is 6.00. The molecule has 1 atom stereocenters. The molecule has 1 amide bonds. The molecular formula is C13H14ClNO4. The van der Waals surface area contributed by atoms with Crippen LogP contribution in [0.3, 0.4) is 0 Å². The van der Waals surface area contributed by atoms with E-state index >= 15 is 0 Å². The lowest BCUT2D eigenvalue weighted by Gasteiger charge is -2.25. The highest BCUT2D eigenvalue weighted by Gasteiger charge is 2.37. The van der Waals surface area contributed by atoms with E-state index < -0.39 is 12.0 Å². The number of carbonyl (C=O) groups excluding carboxylic acids is 1. The Bertz CT molecular complexity index is 501. The number of methoxy groups -OCH3 is 1. The summed E-state index contributed by atoms with van der Waals surface area (Å²) < 4.78 is 5.02. The minimum atomic E-state index is -1.07. The van der Waals surface area contributed by atoms with E-state index in [1.165, 1.54) is 18.1 Å². The van der Waals surface area contributed by atoms with E-state index in [4.69, 9.17) is 16.3 Å². The summed E-state index contributed by atoms with van der Waals surface area (Å²) in [6.45, 7) is 0. The number of hydrogen-bond acceptors (Lipinski definition) is 3. The first kappa shape index (κ1) is 13.7. The maximum Gasteiger partial charge on any atom is 0.331 e. The van der Waals surface area contributed by atoms with Gasteiger partial charge in [-0.15, -0.1) is 0 Å². The number of carbonyl (C=O) groups is 2. The molecule has 6 heteroatoms. The lowest BCUT2D eigenvalue weighted by atomic mass is 10.1. The molecule has 0 heterocycles. The Morgan fingerprint density at radius 2 is 2.26 bits per heavy atom. The third-order valence-electron chi connectivity index (χ3n) is 3.11. The maximum absolute atomic E-state index is 11.4. The molecule has 1 aliphatic carbocycles. The summed E-state index contributed by atoms with van der Waals surface area (Å²) in [5.41, 5.74) is 0.470. The van der Waals surface area contributed by atoms with Crippen LogP contribution in [-0.2, 0) is 9.59 Å². The van der Waals surface area contributed by atoms with E-state index in [0.29, 0.717) is 22.7 Å². The lowest BCUT2D eigenvalue weighted by Crippen LogP contribution is -2.34. The van der Waals surface area contributed by atoms with Crippen LogP contribution in [0.4, 0.5) is 0 Å². The highest BCUT2D eigenvalue weighted by molar-refractivity contribution is 6.32. The number of nitrogens with zero attached hydrogens (tertiary/aromatic N) is 1. The number of rotatable bonds is 6. The Kier molecular flexibility index (Phi) is 3.95. The van der Waals surface area contributed by atoms with Crippen LogP contribution in [0, 0.1) is 0 Å². The van der Waals surface area contributed by atoms with Crippen molar-refractivity contribution in [3.8, 4) is 5.75 Å². The smallest absolute Gasteiger partial charge is 0.331 e. The number of aliphatic carboxylic acids is 1. The predicted octanol–water partition coefficient (Wildman–Crippen LogP) is 2.10. The van der Waals surface area contributed by atoms with Gasteiger partial charge in [0.05, 0.1) is 12.1 Å². The fourth-order valence-electron chi connectivity index (χ4n) is 2.03. The predicted molar refractivity (Wildman–Crippen MR) is 69.3 cm³/mol. The Morgan fingerprint density at radius 1 is 1.58 bits per heavy atom. The van der Waals surface area contributed by atoms with E-state index in [9.17, 15) is 14.7 Å². The molecule has 2 rings (SSSR count). The highest BCUT2D eigenvalue weighted by atomic mass is 35.5. The highest BCUT2D eigenvalue weighted by Crippen LogP contribution is 2.35. The number of benzene rings is 1. The molecule has 0 aromatic heterocycles. The zero-order valence-corrected chi connectivity index (χ0v) is 11.1. The summed E-state index contributed by atoms with van der Waals surface area (Å²) in [4.78, 5) is 23.9. The summed E-state index contributed by atoms with van der Waals surface area (Å²) in [6, 6.07) is 3.75. The summed E-state index contributed by atoms with van der Waals surface area (Å²) in [5, 5.41) is 9.67. The van der Waals surface area contributed by atoms with Gasteiger partial charge in [0.1, 0.15) is 5.75 Å². The van der Waals surface area contributed by atoms with Gasteiger partial charge < -0.3 is 14.7 Å². The summed E-state index contributed by atoms with van der Waals surface area (Å²) in [5.74, 6) is -0.598. The van der Waals surface area contributed by atoms with E-state index in [1.807, 2.05) is 0 Å². The molecule has 0 aliphatic heterocycles. The van der Waals surface area contributed by atoms with Gasteiger partial charge in [0, 0.05) is 6.04 Å². The maximum atomic E-state index is 11.4. The summed E-state index contributed by atoms with van der Waals surface area (Å²) in [6.07, 6.45) is 2.27. The van der Waals surface area contributed by atoms with Crippen LogP contribution in [0.1, 0.15) is 24.4 Å². The van der Waals surface area contributed by atoms with Gasteiger partial charge in [-0.2, -0.15) is 0 Å². The molecule has 0 saturated heterocycles. The lowest BCUT2D eigenvalue weighted by molar-refractivity contribution is -0.147. The number of hydrogen-bond donors (Lipinski definition) is 1. The molecule has 19 heavy (non-hydrogen) atoms. The third kappa shape index (κ3) is 2.81. The minimum Gasteiger partial charge on any atom is -0.495 e. The van der Waals surface area contributed by atoms with Gasteiger partial charge in [-0.1, -0.05) is 17.7 Å².